The summed E-state index contributed by atoms with van der Waals surface area (Å²) in [5.74, 6) is 1.38. The lowest BCUT2D eigenvalue weighted by Crippen LogP contribution is -2.27. The second kappa shape index (κ2) is 5.05. The van der Waals surface area contributed by atoms with Crippen molar-refractivity contribution in [1.29, 1.82) is 0 Å². The van der Waals surface area contributed by atoms with E-state index in [1.165, 1.54) is 31.5 Å². The van der Waals surface area contributed by atoms with Gasteiger partial charge in [0, 0.05) is 18.8 Å². The number of nitrogen functional groups attached to an aromatic ring is 1. The third-order valence-electron chi connectivity index (χ3n) is 3.49. The molecule has 17 heavy (non-hydrogen) atoms. The molecule has 0 bridgehead atoms. The summed E-state index contributed by atoms with van der Waals surface area (Å²) in [5.41, 5.74) is 8.20. The van der Waals surface area contributed by atoms with Gasteiger partial charge in [0.1, 0.15) is 5.82 Å². The summed E-state index contributed by atoms with van der Waals surface area (Å²) in [6.07, 6.45) is 4.49. The molecule has 3 nitrogen and oxygen atoms in total. The summed E-state index contributed by atoms with van der Waals surface area (Å²) >= 11 is 0. The second-order valence-corrected chi connectivity index (χ2v) is 5.52. The molecule has 1 saturated heterocycles. The van der Waals surface area contributed by atoms with E-state index < -0.39 is 0 Å². The fraction of sp³-hybridized carbons (Fsp3) is 0.643. The number of hydrogen-bond donors (Lipinski definition) is 1. The Hall–Kier alpha value is -1.09. The average Bonchev–Trinajstić information content (AvgIpc) is 2.69. The highest BCUT2D eigenvalue weighted by Gasteiger charge is 2.26. The molecule has 1 atom stereocenters. The smallest absolute Gasteiger partial charge is 0.126 e. The quantitative estimate of drug-likeness (QED) is 0.873. The van der Waals surface area contributed by atoms with Crippen LogP contribution in [-0.2, 0) is 0 Å². The first-order valence-electron chi connectivity index (χ1n) is 6.54. The maximum absolute atomic E-state index is 5.78. The fourth-order valence-corrected chi connectivity index (χ4v) is 2.68. The van der Waals surface area contributed by atoms with Crippen LogP contribution in [0.25, 0.3) is 0 Å². The number of anilines is 1. The van der Waals surface area contributed by atoms with Crippen molar-refractivity contribution in [2.24, 2.45) is 5.92 Å². The van der Waals surface area contributed by atoms with Crippen molar-refractivity contribution in [1.82, 2.24) is 9.88 Å². The van der Waals surface area contributed by atoms with Crippen LogP contribution < -0.4 is 5.73 Å². The van der Waals surface area contributed by atoms with Crippen LogP contribution in [-0.4, -0.2) is 23.0 Å². The van der Waals surface area contributed by atoms with Crippen LogP contribution in [0, 0.1) is 12.8 Å². The van der Waals surface area contributed by atoms with E-state index in [4.69, 9.17) is 5.73 Å². The number of pyridine rings is 1. The van der Waals surface area contributed by atoms with Gasteiger partial charge >= 0.3 is 0 Å². The zero-order chi connectivity index (χ0) is 12.4. The standard InChI is InChI=1S/C14H23N3/c1-10(2)9-17-6-4-5-13(17)12-7-11(3)14(15)16-8-12/h7-8,10,13H,4-6,9H2,1-3H3,(H2,15,16). The minimum atomic E-state index is 0.546. The summed E-state index contributed by atoms with van der Waals surface area (Å²) in [6, 6.07) is 2.75. The molecule has 1 aromatic rings. The number of hydrogen-bond acceptors (Lipinski definition) is 3. The molecule has 1 aromatic heterocycles. The molecule has 3 heteroatoms. The van der Waals surface area contributed by atoms with E-state index in [1.807, 2.05) is 13.1 Å². The molecule has 2 N–H and O–H groups in total. The van der Waals surface area contributed by atoms with Crippen LogP contribution in [0.5, 0.6) is 0 Å². The Kier molecular flexibility index (Phi) is 3.67. The van der Waals surface area contributed by atoms with Crippen molar-refractivity contribution in [3.05, 3.63) is 23.4 Å². The molecule has 94 valence electrons. The minimum Gasteiger partial charge on any atom is -0.383 e. The minimum absolute atomic E-state index is 0.546. The summed E-state index contributed by atoms with van der Waals surface area (Å²) in [4.78, 5) is 6.87. The van der Waals surface area contributed by atoms with Crippen molar-refractivity contribution in [2.75, 3.05) is 18.8 Å². The Labute approximate surface area is 104 Å². The van der Waals surface area contributed by atoms with Crippen LogP contribution in [0.4, 0.5) is 5.82 Å². The monoisotopic (exact) mass is 233 g/mol. The van der Waals surface area contributed by atoms with Gasteiger partial charge in [-0.2, -0.15) is 0 Å². The highest BCUT2D eigenvalue weighted by atomic mass is 15.2. The molecular formula is C14H23N3. The highest BCUT2D eigenvalue weighted by molar-refractivity contribution is 5.40. The van der Waals surface area contributed by atoms with Crippen molar-refractivity contribution in [2.45, 2.75) is 39.7 Å². The van der Waals surface area contributed by atoms with Gasteiger partial charge < -0.3 is 5.73 Å². The van der Waals surface area contributed by atoms with Gasteiger partial charge in [-0.15, -0.1) is 0 Å². The normalized spacial score (nSPS) is 21.3. The SMILES string of the molecule is Cc1cc(C2CCCN2CC(C)C)cnc1N. The molecule has 0 aromatic carbocycles. The van der Waals surface area contributed by atoms with Crippen molar-refractivity contribution in [3.8, 4) is 0 Å². The molecular weight excluding hydrogens is 210 g/mol. The van der Waals surface area contributed by atoms with E-state index in [2.05, 4.69) is 29.8 Å². The van der Waals surface area contributed by atoms with E-state index in [-0.39, 0.29) is 0 Å². The van der Waals surface area contributed by atoms with Crippen molar-refractivity contribution >= 4 is 5.82 Å². The third kappa shape index (κ3) is 2.78. The number of aromatic nitrogens is 1. The first-order chi connectivity index (χ1) is 8.08. The van der Waals surface area contributed by atoms with E-state index in [1.54, 1.807) is 0 Å². The largest absolute Gasteiger partial charge is 0.383 e. The molecule has 0 spiro atoms. The second-order valence-electron chi connectivity index (χ2n) is 5.52. The molecule has 1 unspecified atom stereocenters. The van der Waals surface area contributed by atoms with Gasteiger partial charge in [-0.25, -0.2) is 4.98 Å². The third-order valence-corrected chi connectivity index (χ3v) is 3.49. The molecule has 1 aliphatic heterocycles. The van der Waals surface area contributed by atoms with Gasteiger partial charge in [0.15, 0.2) is 0 Å². The molecule has 2 rings (SSSR count). The predicted molar refractivity (Wildman–Crippen MR) is 71.8 cm³/mol. The molecule has 2 heterocycles. The van der Waals surface area contributed by atoms with Gasteiger partial charge in [0.25, 0.3) is 0 Å². The van der Waals surface area contributed by atoms with Gasteiger partial charge in [-0.1, -0.05) is 13.8 Å². The molecule has 0 amide bonds. The number of likely N-dealkylation sites (tertiary alicyclic amines) is 1. The molecule has 1 aliphatic rings. The number of rotatable bonds is 3. The Morgan fingerprint density at radius 3 is 2.94 bits per heavy atom. The maximum Gasteiger partial charge on any atom is 0.126 e. The number of nitrogens with zero attached hydrogens (tertiary/aromatic N) is 2. The molecule has 0 saturated carbocycles. The van der Waals surface area contributed by atoms with Gasteiger partial charge in [-0.3, -0.25) is 4.90 Å². The predicted octanol–water partition coefficient (Wildman–Crippen LogP) is 2.77. The number of aryl methyl sites for hydroxylation is 1. The van der Waals surface area contributed by atoms with E-state index >= 15 is 0 Å². The Morgan fingerprint density at radius 1 is 1.53 bits per heavy atom. The molecule has 0 radical (unpaired) electrons. The molecule has 0 aliphatic carbocycles. The van der Waals surface area contributed by atoms with Crippen LogP contribution in [0.1, 0.15) is 43.9 Å². The Morgan fingerprint density at radius 2 is 2.29 bits per heavy atom. The lowest BCUT2D eigenvalue weighted by Gasteiger charge is -2.26. The number of nitrogens with two attached hydrogens (primary N) is 1. The van der Waals surface area contributed by atoms with Gasteiger partial charge in [0.05, 0.1) is 0 Å². The van der Waals surface area contributed by atoms with Crippen LogP contribution in [0.3, 0.4) is 0 Å². The van der Waals surface area contributed by atoms with E-state index in [0.717, 1.165) is 11.5 Å². The lowest BCUT2D eigenvalue weighted by molar-refractivity contribution is 0.228. The first kappa shape index (κ1) is 12.4. The summed E-state index contributed by atoms with van der Waals surface area (Å²) in [6.45, 7) is 8.98. The topological polar surface area (TPSA) is 42.2 Å². The van der Waals surface area contributed by atoms with Crippen LogP contribution in [0.15, 0.2) is 12.3 Å². The Balaban J connectivity index is 2.17. The zero-order valence-electron chi connectivity index (χ0n) is 11.1. The lowest BCUT2D eigenvalue weighted by atomic mass is 10.0. The van der Waals surface area contributed by atoms with Gasteiger partial charge in [-0.05, 0) is 49.4 Å². The summed E-state index contributed by atoms with van der Waals surface area (Å²) < 4.78 is 0. The van der Waals surface area contributed by atoms with Gasteiger partial charge in [0.2, 0.25) is 0 Å². The van der Waals surface area contributed by atoms with Crippen molar-refractivity contribution in [3.63, 3.8) is 0 Å². The van der Waals surface area contributed by atoms with E-state index in [9.17, 15) is 0 Å². The highest BCUT2D eigenvalue weighted by Crippen LogP contribution is 2.32. The Bertz CT molecular complexity index is 387. The first-order valence-corrected chi connectivity index (χ1v) is 6.54. The fourth-order valence-electron chi connectivity index (χ4n) is 2.68. The maximum atomic E-state index is 5.78. The van der Waals surface area contributed by atoms with Crippen molar-refractivity contribution < 1.29 is 0 Å². The summed E-state index contributed by atoms with van der Waals surface area (Å²) in [7, 11) is 0. The van der Waals surface area contributed by atoms with Crippen LogP contribution >= 0.6 is 0 Å². The zero-order valence-corrected chi connectivity index (χ0v) is 11.1. The molecule has 1 fully saturated rings. The summed E-state index contributed by atoms with van der Waals surface area (Å²) in [5, 5.41) is 0. The average molecular weight is 233 g/mol. The van der Waals surface area contributed by atoms with Crippen LogP contribution in [0.2, 0.25) is 0 Å². The van der Waals surface area contributed by atoms with E-state index in [0.29, 0.717) is 11.9 Å².